The van der Waals surface area contributed by atoms with Crippen molar-refractivity contribution >= 4 is 23.8 Å². The second kappa shape index (κ2) is 6.62. The zero-order chi connectivity index (χ0) is 12.0. The molecule has 0 aromatic heterocycles. The molecule has 1 aliphatic heterocycles. The van der Waals surface area contributed by atoms with Crippen LogP contribution >= 0.6 is 11.8 Å². The Kier molecular flexibility index (Phi) is 5.45. The maximum absolute atomic E-state index is 11.4. The van der Waals surface area contributed by atoms with Crippen LogP contribution in [0.15, 0.2) is 0 Å². The van der Waals surface area contributed by atoms with Crippen LogP contribution in [-0.2, 0) is 4.79 Å². The largest absolute Gasteiger partial charge is 0.481 e. The number of nitrogens with one attached hydrogen (secondary N) is 2. The average molecular weight is 246 g/mol. The second-order valence-corrected chi connectivity index (χ2v) is 5.01. The van der Waals surface area contributed by atoms with E-state index >= 15 is 0 Å². The van der Waals surface area contributed by atoms with Crippen molar-refractivity contribution in [1.29, 1.82) is 0 Å². The van der Waals surface area contributed by atoms with E-state index in [0.717, 1.165) is 17.9 Å². The Bertz CT molecular complexity index is 254. The van der Waals surface area contributed by atoms with Gasteiger partial charge >= 0.3 is 12.0 Å². The number of aliphatic carboxylic acids is 1. The second-order valence-electron chi connectivity index (χ2n) is 3.86. The number of carbonyl (C=O) groups is 2. The number of thioether (sulfide) groups is 1. The van der Waals surface area contributed by atoms with Gasteiger partial charge in [-0.25, -0.2) is 4.79 Å². The van der Waals surface area contributed by atoms with E-state index < -0.39 is 11.9 Å². The van der Waals surface area contributed by atoms with Gasteiger partial charge in [0.15, 0.2) is 0 Å². The molecule has 0 aromatic carbocycles. The number of hydrogen-bond donors (Lipinski definition) is 3. The zero-order valence-electron chi connectivity index (χ0n) is 9.36. The molecule has 1 saturated heterocycles. The van der Waals surface area contributed by atoms with Crippen LogP contribution < -0.4 is 10.6 Å². The maximum Gasteiger partial charge on any atom is 0.315 e. The number of carboxylic acid groups (broad SMARTS) is 1. The van der Waals surface area contributed by atoms with E-state index in [1.165, 1.54) is 0 Å². The molecule has 1 aliphatic rings. The first-order valence-electron chi connectivity index (χ1n) is 5.48. The first-order valence-corrected chi connectivity index (χ1v) is 6.63. The van der Waals surface area contributed by atoms with Crippen molar-refractivity contribution in [2.45, 2.75) is 25.8 Å². The summed E-state index contributed by atoms with van der Waals surface area (Å²) in [5.74, 6) is 0.671. The van der Waals surface area contributed by atoms with E-state index in [4.69, 9.17) is 5.11 Å². The molecule has 16 heavy (non-hydrogen) atoms. The molecular formula is C10H18N2O3S. The molecule has 0 spiro atoms. The number of carbonyl (C=O) groups excluding carboxylic acids is 1. The standard InChI is InChI=1S/C10H18N2O3S/c1-2-7(9(13)14)5-11-10(15)12-8-3-4-16-6-8/h7-8H,2-6H2,1H3,(H,13,14)(H2,11,12,15). The van der Waals surface area contributed by atoms with Crippen LogP contribution in [-0.4, -0.2) is 41.2 Å². The molecule has 0 bridgehead atoms. The highest BCUT2D eigenvalue weighted by atomic mass is 32.2. The summed E-state index contributed by atoms with van der Waals surface area (Å²) < 4.78 is 0. The molecule has 0 saturated carbocycles. The fraction of sp³-hybridized carbons (Fsp3) is 0.800. The molecule has 0 radical (unpaired) electrons. The number of carboxylic acids is 1. The van der Waals surface area contributed by atoms with Crippen molar-refractivity contribution in [3.05, 3.63) is 0 Å². The Hall–Kier alpha value is -0.910. The van der Waals surface area contributed by atoms with Crippen LogP contribution in [0.1, 0.15) is 19.8 Å². The average Bonchev–Trinajstić information content (AvgIpc) is 2.70. The summed E-state index contributed by atoms with van der Waals surface area (Å²) in [6.07, 6.45) is 1.52. The monoisotopic (exact) mass is 246 g/mol. The van der Waals surface area contributed by atoms with E-state index in [2.05, 4.69) is 10.6 Å². The van der Waals surface area contributed by atoms with Crippen LogP contribution in [0.3, 0.4) is 0 Å². The van der Waals surface area contributed by atoms with Crippen LogP contribution in [0.5, 0.6) is 0 Å². The quantitative estimate of drug-likeness (QED) is 0.673. The number of amides is 2. The van der Waals surface area contributed by atoms with E-state index in [-0.39, 0.29) is 18.6 Å². The summed E-state index contributed by atoms with van der Waals surface area (Å²) in [5, 5.41) is 14.2. The van der Waals surface area contributed by atoms with Crippen LogP contribution in [0.2, 0.25) is 0 Å². The first kappa shape index (κ1) is 13.2. The molecule has 1 heterocycles. The molecule has 0 aliphatic carbocycles. The van der Waals surface area contributed by atoms with Gasteiger partial charge in [0.05, 0.1) is 5.92 Å². The highest BCUT2D eigenvalue weighted by Crippen LogP contribution is 2.16. The first-order chi connectivity index (χ1) is 7.63. The van der Waals surface area contributed by atoms with E-state index in [1.807, 2.05) is 11.8 Å². The molecule has 2 amide bonds. The SMILES string of the molecule is CCC(CNC(=O)NC1CCSC1)C(=O)O. The molecule has 1 fully saturated rings. The Morgan fingerprint density at radius 1 is 1.56 bits per heavy atom. The summed E-state index contributed by atoms with van der Waals surface area (Å²) in [6.45, 7) is 1.99. The van der Waals surface area contributed by atoms with Crippen molar-refractivity contribution < 1.29 is 14.7 Å². The lowest BCUT2D eigenvalue weighted by Crippen LogP contribution is -2.44. The fourth-order valence-electron chi connectivity index (χ4n) is 1.51. The van der Waals surface area contributed by atoms with Crippen molar-refractivity contribution in [3.63, 3.8) is 0 Å². The van der Waals surface area contributed by atoms with E-state index in [1.54, 1.807) is 6.92 Å². The molecule has 92 valence electrons. The highest BCUT2D eigenvalue weighted by molar-refractivity contribution is 7.99. The molecule has 5 nitrogen and oxygen atoms in total. The van der Waals surface area contributed by atoms with Crippen LogP contribution in [0.25, 0.3) is 0 Å². The summed E-state index contributed by atoms with van der Waals surface area (Å²) in [6, 6.07) is -0.0258. The molecule has 1 rings (SSSR count). The van der Waals surface area contributed by atoms with Gasteiger partial charge in [0.2, 0.25) is 0 Å². The number of urea groups is 1. The van der Waals surface area contributed by atoms with Gasteiger partial charge < -0.3 is 15.7 Å². The smallest absolute Gasteiger partial charge is 0.315 e. The minimum Gasteiger partial charge on any atom is -0.481 e. The van der Waals surface area contributed by atoms with Gasteiger partial charge in [-0.1, -0.05) is 6.92 Å². The van der Waals surface area contributed by atoms with Gasteiger partial charge in [0.25, 0.3) is 0 Å². The van der Waals surface area contributed by atoms with Gasteiger partial charge in [0, 0.05) is 18.3 Å². The third kappa shape index (κ3) is 4.30. The number of rotatable bonds is 5. The Balaban J connectivity index is 2.20. The normalized spacial score (nSPS) is 21.4. The molecular weight excluding hydrogens is 228 g/mol. The Labute approximate surface area is 99.4 Å². The number of hydrogen-bond acceptors (Lipinski definition) is 3. The van der Waals surface area contributed by atoms with Crippen molar-refractivity contribution in [2.75, 3.05) is 18.1 Å². The van der Waals surface area contributed by atoms with Gasteiger partial charge in [-0.3, -0.25) is 4.79 Å². The molecule has 2 atom stereocenters. The minimum atomic E-state index is -0.862. The lowest BCUT2D eigenvalue weighted by atomic mass is 10.1. The zero-order valence-corrected chi connectivity index (χ0v) is 10.2. The minimum absolute atomic E-state index is 0.192. The summed E-state index contributed by atoms with van der Waals surface area (Å²) in [4.78, 5) is 22.1. The van der Waals surface area contributed by atoms with Gasteiger partial charge in [-0.15, -0.1) is 0 Å². The highest BCUT2D eigenvalue weighted by Gasteiger charge is 2.19. The van der Waals surface area contributed by atoms with Gasteiger partial charge in [0.1, 0.15) is 0 Å². The Morgan fingerprint density at radius 3 is 2.81 bits per heavy atom. The van der Waals surface area contributed by atoms with Crippen LogP contribution in [0, 0.1) is 5.92 Å². The van der Waals surface area contributed by atoms with Crippen molar-refractivity contribution in [1.82, 2.24) is 10.6 Å². The van der Waals surface area contributed by atoms with E-state index in [9.17, 15) is 9.59 Å². The topological polar surface area (TPSA) is 78.4 Å². The van der Waals surface area contributed by atoms with Gasteiger partial charge in [-0.05, 0) is 18.6 Å². The van der Waals surface area contributed by atoms with Crippen molar-refractivity contribution in [2.24, 2.45) is 5.92 Å². The van der Waals surface area contributed by atoms with Crippen LogP contribution in [0.4, 0.5) is 4.79 Å². The third-order valence-electron chi connectivity index (χ3n) is 2.62. The van der Waals surface area contributed by atoms with E-state index in [0.29, 0.717) is 6.42 Å². The Morgan fingerprint density at radius 2 is 2.31 bits per heavy atom. The summed E-state index contributed by atoms with van der Waals surface area (Å²) in [7, 11) is 0. The van der Waals surface area contributed by atoms with Gasteiger partial charge in [-0.2, -0.15) is 11.8 Å². The summed E-state index contributed by atoms with van der Waals surface area (Å²) >= 11 is 1.82. The molecule has 0 aromatic rings. The lowest BCUT2D eigenvalue weighted by molar-refractivity contribution is -0.141. The molecule has 2 unspecified atom stereocenters. The third-order valence-corrected chi connectivity index (χ3v) is 3.78. The predicted octanol–water partition coefficient (Wildman–Crippen LogP) is 0.902. The lowest BCUT2D eigenvalue weighted by Gasteiger charge is -2.14. The fourth-order valence-corrected chi connectivity index (χ4v) is 2.66. The maximum atomic E-state index is 11.4. The molecule has 3 N–H and O–H groups in total. The summed E-state index contributed by atoms with van der Waals surface area (Å²) in [5.41, 5.74) is 0. The van der Waals surface area contributed by atoms with Crippen molar-refractivity contribution in [3.8, 4) is 0 Å². The molecule has 6 heteroatoms. The predicted molar refractivity (Wildman–Crippen MR) is 63.7 cm³/mol.